The van der Waals surface area contributed by atoms with E-state index in [0.29, 0.717) is 17.9 Å². The van der Waals surface area contributed by atoms with Crippen molar-refractivity contribution in [3.05, 3.63) is 70.9 Å². The molecule has 1 unspecified atom stereocenters. The topological polar surface area (TPSA) is 65.4 Å². The maximum Gasteiger partial charge on any atom is 0.162 e. The summed E-state index contributed by atoms with van der Waals surface area (Å²) < 4.78 is 13.3. The second kappa shape index (κ2) is 8.54. The zero-order chi connectivity index (χ0) is 25.8. The van der Waals surface area contributed by atoms with Crippen LogP contribution >= 0.6 is 0 Å². The number of allylic oxidation sites excluding steroid dienone is 2. The number of benzene rings is 2. The van der Waals surface area contributed by atoms with Gasteiger partial charge < -0.3 is 14.8 Å². The predicted molar refractivity (Wildman–Crippen MR) is 143 cm³/mol. The molecule has 3 aromatic rings. The van der Waals surface area contributed by atoms with Gasteiger partial charge in [0, 0.05) is 34.7 Å². The van der Waals surface area contributed by atoms with Crippen LogP contribution in [-0.2, 0) is 10.3 Å². The molecule has 1 aliphatic carbocycles. The Balaban J connectivity index is 1.84. The summed E-state index contributed by atoms with van der Waals surface area (Å²) in [6.07, 6.45) is 1.31. The van der Waals surface area contributed by atoms with Gasteiger partial charge in [0.2, 0.25) is 0 Å². The molecule has 0 amide bonds. The van der Waals surface area contributed by atoms with E-state index in [-0.39, 0.29) is 22.7 Å². The van der Waals surface area contributed by atoms with E-state index in [9.17, 15) is 4.79 Å². The molecule has 6 nitrogen and oxygen atoms in total. The minimum absolute atomic E-state index is 0.114. The monoisotopic (exact) mass is 485 g/mol. The summed E-state index contributed by atoms with van der Waals surface area (Å²) in [5.41, 5.74) is 5.37. The largest absolute Gasteiger partial charge is 0.493 e. The first-order valence-corrected chi connectivity index (χ1v) is 12.5. The second-order valence-corrected chi connectivity index (χ2v) is 11.6. The first kappa shape index (κ1) is 24.2. The van der Waals surface area contributed by atoms with Crippen LogP contribution in [0.15, 0.2) is 59.8 Å². The molecule has 6 heteroatoms. The number of fused-ring (bicyclic) bond motifs is 1. The smallest absolute Gasteiger partial charge is 0.162 e. The molecule has 0 saturated carbocycles. The number of nitrogens with one attached hydrogen (secondary N) is 1. The van der Waals surface area contributed by atoms with E-state index in [4.69, 9.17) is 14.6 Å². The van der Waals surface area contributed by atoms with Crippen molar-refractivity contribution in [2.75, 3.05) is 19.5 Å². The van der Waals surface area contributed by atoms with Crippen LogP contribution < -0.4 is 14.8 Å². The lowest BCUT2D eigenvalue weighted by molar-refractivity contribution is -0.118. The Bertz CT molecular complexity index is 1360. The number of carbonyl (C=O) groups excluding carboxylic acids is 1. The highest BCUT2D eigenvalue weighted by atomic mass is 16.5. The maximum absolute atomic E-state index is 13.8. The third-order valence-electron chi connectivity index (χ3n) is 7.11. The molecule has 0 fully saturated rings. The van der Waals surface area contributed by atoms with Crippen LogP contribution in [0.1, 0.15) is 64.5 Å². The molecule has 1 aliphatic heterocycles. The van der Waals surface area contributed by atoms with Crippen molar-refractivity contribution < 1.29 is 14.3 Å². The van der Waals surface area contributed by atoms with Gasteiger partial charge in [0.1, 0.15) is 5.82 Å². The zero-order valence-corrected chi connectivity index (χ0v) is 22.2. The predicted octanol–water partition coefficient (Wildman–Crippen LogP) is 6.52. The summed E-state index contributed by atoms with van der Waals surface area (Å²) in [5.74, 6) is 2.16. The van der Waals surface area contributed by atoms with Gasteiger partial charge in [-0.1, -0.05) is 50.2 Å². The third-order valence-corrected chi connectivity index (χ3v) is 7.11. The average molecular weight is 486 g/mol. The van der Waals surface area contributed by atoms with Crippen LogP contribution in [0.5, 0.6) is 11.5 Å². The third kappa shape index (κ3) is 3.98. The normalized spacial score (nSPS) is 18.9. The lowest BCUT2D eigenvalue weighted by atomic mass is 9.69. The van der Waals surface area contributed by atoms with Crippen molar-refractivity contribution in [3.63, 3.8) is 0 Å². The molecule has 36 heavy (non-hydrogen) atoms. The number of methoxy groups -OCH3 is 2. The Morgan fingerprint density at radius 3 is 2.33 bits per heavy atom. The Morgan fingerprint density at radius 2 is 1.69 bits per heavy atom. The van der Waals surface area contributed by atoms with E-state index in [1.165, 1.54) is 0 Å². The van der Waals surface area contributed by atoms with Crippen molar-refractivity contribution in [2.45, 2.75) is 58.9 Å². The van der Waals surface area contributed by atoms with Gasteiger partial charge in [-0.05, 0) is 50.3 Å². The highest BCUT2D eigenvalue weighted by Gasteiger charge is 2.44. The molecule has 2 aliphatic rings. The number of anilines is 1. The Kier molecular flexibility index (Phi) is 5.73. The molecule has 0 spiro atoms. The number of carbonyl (C=O) groups is 1. The first-order valence-electron chi connectivity index (χ1n) is 12.5. The summed E-state index contributed by atoms with van der Waals surface area (Å²) in [6.45, 7) is 10.8. The van der Waals surface area contributed by atoms with Crippen molar-refractivity contribution in [1.82, 2.24) is 9.78 Å². The zero-order valence-electron chi connectivity index (χ0n) is 22.2. The minimum atomic E-state index is -0.272. The van der Waals surface area contributed by atoms with E-state index < -0.39 is 0 Å². The lowest BCUT2D eigenvalue weighted by Gasteiger charge is -2.39. The molecular weight excluding hydrogens is 450 g/mol. The summed E-state index contributed by atoms with van der Waals surface area (Å²) in [6, 6.07) is 16.2. The van der Waals surface area contributed by atoms with Gasteiger partial charge >= 0.3 is 0 Å². The van der Waals surface area contributed by atoms with Crippen molar-refractivity contribution in [1.29, 1.82) is 0 Å². The molecule has 0 bridgehead atoms. The van der Waals surface area contributed by atoms with Gasteiger partial charge in [0.05, 0.1) is 25.5 Å². The number of hydrogen-bond donors (Lipinski definition) is 1. The SMILES string of the molecule is COc1ccc(C2C3=C(CC(C)(C)CC3=O)Nc3c2c(-c2ccccc2)nn3C(C)(C)C)cc1OC. The maximum atomic E-state index is 13.8. The molecule has 0 radical (unpaired) electrons. The van der Waals surface area contributed by atoms with E-state index in [2.05, 4.69) is 56.8 Å². The van der Waals surface area contributed by atoms with Crippen LogP contribution in [0.3, 0.4) is 0 Å². The molecule has 1 aromatic heterocycles. The number of rotatable bonds is 4. The molecule has 1 N–H and O–H groups in total. The second-order valence-electron chi connectivity index (χ2n) is 11.6. The van der Waals surface area contributed by atoms with Crippen molar-refractivity contribution >= 4 is 11.6 Å². The summed E-state index contributed by atoms with van der Waals surface area (Å²) in [4.78, 5) is 13.8. The standard InChI is InChI=1S/C30H35N3O3/c1-29(2,3)33-28-26(27(32-33)18-11-9-8-10-12-18)24(19-13-14-22(35-6)23(15-19)36-7)25-20(31-28)16-30(4,5)17-21(25)34/h8-15,24,31H,16-17H2,1-7H3. The molecule has 2 aromatic carbocycles. The summed E-state index contributed by atoms with van der Waals surface area (Å²) >= 11 is 0. The van der Waals surface area contributed by atoms with Crippen LogP contribution in [-0.4, -0.2) is 29.8 Å². The first-order chi connectivity index (χ1) is 17.0. The van der Waals surface area contributed by atoms with Gasteiger partial charge in [-0.2, -0.15) is 5.10 Å². The number of hydrogen-bond acceptors (Lipinski definition) is 5. The molecular formula is C30H35N3O3. The Morgan fingerprint density at radius 1 is 1.00 bits per heavy atom. The van der Waals surface area contributed by atoms with E-state index >= 15 is 0 Å². The van der Waals surface area contributed by atoms with E-state index in [0.717, 1.165) is 45.9 Å². The highest BCUT2D eigenvalue weighted by Crippen LogP contribution is 2.53. The van der Waals surface area contributed by atoms with Crippen LogP contribution in [0.4, 0.5) is 5.82 Å². The Hall–Kier alpha value is -3.54. The number of aromatic nitrogens is 2. The van der Waals surface area contributed by atoms with Gasteiger partial charge in [-0.3, -0.25) is 4.79 Å². The fraction of sp³-hybridized carbons (Fsp3) is 0.400. The number of ketones is 1. The lowest BCUT2D eigenvalue weighted by Crippen LogP contribution is -2.35. The summed E-state index contributed by atoms with van der Waals surface area (Å²) in [7, 11) is 3.27. The molecule has 1 atom stereocenters. The van der Waals surface area contributed by atoms with Crippen molar-refractivity contribution in [3.8, 4) is 22.8 Å². The van der Waals surface area contributed by atoms with Crippen LogP contribution in [0, 0.1) is 5.41 Å². The highest BCUT2D eigenvalue weighted by molar-refractivity contribution is 6.02. The average Bonchev–Trinajstić information content (AvgIpc) is 3.21. The van der Waals surface area contributed by atoms with Gasteiger partial charge in [-0.25, -0.2) is 4.68 Å². The fourth-order valence-corrected chi connectivity index (χ4v) is 5.55. The number of nitrogens with zero attached hydrogens (tertiary/aromatic N) is 2. The molecule has 2 heterocycles. The van der Waals surface area contributed by atoms with Crippen LogP contribution in [0.25, 0.3) is 11.3 Å². The quantitative estimate of drug-likeness (QED) is 0.456. The van der Waals surface area contributed by atoms with Gasteiger partial charge in [-0.15, -0.1) is 0 Å². The number of Topliss-reactive ketones (excluding diaryl/α,β-unsaturated/α-hetero) is 1. The minimum Gasteiger partial charge on any atom is -0.493 e. The van der Waals surface area contributed by atoms with E-state index in [1.807, 2.05) is 36.4 Å². The summed E-state index contributed by atoms with van der Waals surface area (Å²) in [5, 5.41) is 8.87. The molecule has 5 rings (SSSR count). The van der Waals surface area contributed by atoms with Crippen molar-refractivity contribution in [2.24, 2.45) is 5.41 Å². The van der Waals surface area contributed by atoms with Gasteiger partial charge in [0.15, 0.2) is 17.3 Å². The number of ether oxygens (including phenoxy) is 2. The van der Waals surface area contributed by atoms with Gasteiger partial charge in [0.25, 0.3) is 0 Å². The van der Waals surface area contributed by atoms with E-state index in [1.54, 1.807) is 14.2 Å². The molecule has 188 valence electrons. The molecule has 0 saturated heterocycles. The Labute approximate surface area is 213 Å². The van der Waals surface area contributed by atoms with Crippen LogP contribution in [0.2, 0.25) is 0 Å². The fourth-order valence-electron chi connectivity index (χ4n) is 5.55.